The number of benzene rings is 1. The fourth-order valence-electron chi connectivity index (χ4n) is 1.96. The van der Waals surface area contributed by atoms with Crippen LogP contribution in [0, 0.1) is 0 Å². The van der Waals surface area contributed by atoms with E-state index in [1.807, 2.05) is 44.2 Å². The smallest absolute Gasteiger partial charge is 0.184 e. The van der Waals surface area contributed by atoms with E-state index in [0.717, 1.165) is 31.4 Å². The van der Waals surface area contributed by atoms with Gasteiger partial charge < -0.3 is 0 Å². The van der Waals surface area contributed by atoms with Crippen LogP contribution in [0.3, 0.4) is 0 Å². The Morgan fingerprint density at radius 3 is 2.55 bits per heavy atom. The first kappa shape index (κ1) is 13.3. The second kappa shape index (κ2) is 5.34. The van der Waals surface area contributed by atoms with Crippen molar-refractivity contribution in [3.05, 3.63) is 47.6 Å². The van der Waals surface area contributed by atoms with Crippen LogP contribution in [-0.2, 0) is 4.79 Å². The van der Waals surface area contributed by atoms with E-state index in [0.29, 0.717) is 0 Å². The Bertz CT molecular complexity index is 727. The molecule has 0 aliphatic heterocycles. The summed E-state index contributed by atoms with van der Waals surface area (Å²) >= 11 is 2.98. The number of carbonyl (C=O) groups is 1. The van der Waals surface area contributed by atoms with Crippen molar-refractivity contribution in [2.24, 2.45) is 4.40 Å². The lowest BCUT2D eigenvalue weighted by Gasteiger charge is -2.07. The van der Waals surface area contributed by atoms with Gasteiger partial charge in [0.05, 0.1) is 15.9 Å². The summed E-state index contributed by atoms with van der Waals surface area (Å²) in [4.78, 5) is 16.2. The van der Waals surface area contributed by atoms with Gasteiger partial charge in [0, 0.05) is 11.9 Å². The van der Waals surface area contributed by atoms with Crippen molar-refractivity contribution in [1.82, 2.24) is 4.98 Å². The SMILES string of the molecule is CC1=CC(=NSc2nc3ccccc3s2)C=C(C)C1=O. The molecule has 0 bridgehead atoms. The van der Waals surface area contributed by atoms with Crippen LogP contribution in [0.25, 0.3) is 10.2 Å². The minimum atomic E-state index is 0.0916. The molecular formula is C15H12N2OS2. The molecule has 1 aromatic heterocycles. The van der Waals surface area contributed by atoms with Gasteiger partial charge in [-0.05, 0) is 49.3 Å². The lowest BCUT2D eigenvalue weighted by atomic mass is 9.98. The van der Waals surface area contributed by atoms with Crippen molar-refractivity contribution in [3.63, 3.8) is 0 Å². The van der Waals surface area contributed by atoms with E-state index in [2.05, 4.69) is 15.4 Å². The molecule has 0 unspecified atom stereocenters. The van der Waals surface area contributed by atoms with Gasteiger partial charge in [-0.15, -0.1) is 11.3 Å². The molecule has 1 aromatic carbocycles. The molecule has 0 radical (unpaired) electrons. The molecule has 0 amide bonds. The van der Waals surface area contributed by atoms with Crippen LogP contribution in [0.1, 0.15) is 13.8 Å². The third-order valence-corrected chi connectivity index (χ3v) is 4.80. The highest BCUT2D eigenvalue weighted by Crippen LogP contribution is 2.30. The molecule has 1 aliphatic carbocycles. The molecule has 100 valence electrons. The van der Waals surface area contributed by atoms with Crippen LogP contribution in [0.2, 0.25) is 0 Å². The van der Waals surface area contributed by atoms with Crippen molar-refractivity contribution >= 4 is 45.0 Å². The van der Waals surface area contributed by atoms with E-state index in [-0.39, 0.29) is 5.78 Å². The van der Waals surface area contributed by atoms with Crippen LogP contribution in [-0.4, -0.2) is 16.5 Å². The number of carbonyl (C=O) groups excluding carboxylic acids is 1. The summed E-state index contributed by atoms with van der Waals surface area (Å²) in [6.45, 7) is 3.63. The Kier molecular flexibility index (Phi) is 3.54. The monoisotopic (exact) mass is 300 g/mol. The first-order valence-electron chi connectivity index (χ1n) is 6.15. The van der Waals surface area contributed by atoms with Gasteiger partial charge in [-0.25, -0.2) is 9.38 Å². The zero-order valence-electron chi connectivity index (χ0n) is 11.1. The number of para-hydroxylation sites is 1. The summed E-state index contributed by atoms with van der Waals surface area (Å²) in [5.41, 5.74) is 3.27. The molecule has 1 aliphatic rings. The van der Waals surface area contributed by atoms with E-state index >= 15 is 0 Å². The maximum absolute atomic E-state index is 11.7. The standard InChI is InChI=1S/C15H12N2OS2/c1-9-7-11(8-10(2)14(9)18)17-20-15-16-12-5-3-4-6-13(12)19-15/h3-8H,1-2H3. The quantitative estimate of drug-likeness (QED) is 0.616. The maximum Gasteiger partial charge on any atom is 0.184 e. The average molecular weight is 300 g/mol. The predicted octanol–water partition coefficient (Wildman–Crippen LogP) is 4.22. The van der Waals surface area contributed by atoms with Crippen LogP contribution in [0.5, 0.6) is 0 Å². The van der Waals surface area contributed by atoms with E-state index in [4.69, 9.17) is 0 Å². The molecule has 0 saturated heterocycles. The molecule has 3 rings (SSSR count). The molecule has 0 saturated carbocycles. The normalized spacial score (nSPS) is 15.3. The Labute approximate surface area is 125 Å². The fourth-order valence-corrected chi connectivity index (χ4v) is 3.62. The number of aromatic nitrogens is 1. The van der Waals surface area contributed by atoms with Gasteiger partial charge in [-0.2, -0.15) is 0 Å². The lowest BCUT2D eigenvalue weighted by Crippen LogP contribution is -2.10. The number of Topliss-reactive ketones (excluding diaryl/α,β-unsaturated/α-hetero) is 1. The number of hydrogen-bond acceptors (Lipinski definition) is 5. The molecule has 5 heteroatoms. The molecular weight excluding hydrogens is 288 g/mol. The van der Waals surface area contributed by atoms with Gasteiger partial charge >= 0.3 is 0 Å². The van der Waals surface area contributed by atoms with Crippen molar-refractivity contribution in [1.29, 1.82) is 0 Å². The molecule has 0 fully saturated rings. The molecule has 1 heterocycles. The zero-order valence-corrected chi connectivity index (χ0v) is 12.7. The topological polar surface area (TPSA) is 42.3 Å². The number of thiazole rings is 1. The van der Waals surface area contributed by atoms with E-state index in [1.165, 1.54) is 11.9 Å². The van der Waals surface area contributed by atoms with Crippen molar-refractivity contribution in [2.75, 3.05) is 0 Å². The zero-order chi connectivity index (χ0) is 14.1. The summed E-state index contributed by atoms with van der Waals surface area (Å²) in [7, 11) is 0. The summed E-state index contributed by atoms with van der Waals surface area (Å²) in [5, 5.41) is 0. The first-order chi connectivity index (χ1) is 9.63. The predicted molar refractivity (Wildman–Crippen MR) is 85.4 cm³/mol. The number of rotatable bonds is 2. The summed E-state index contributed by atoms with van der Waals surface area (Å²) in [5.74, 6) is 0.0916. The van der Waals surface area contributed by atoms with Crippen LogP contribution >= 0.6 is 23.3 Å². The second-order valence-electron chi connectivity index (χ2n) is 4.54. The van der Waals surface area contributed by atoms with Crippen molar-refractivity contribution in [2.45, 2.75) is 18.2 Å². The van der Waals surface area contributed by atoms with Crippen LogP contribution in [0.4, 0.5) is 0 Å². The largest absolute Gasteiger partial charge is 0.289 e. The number of nitrogens with zero attached hydrogens (tertiary/aromatic N) is 2. The molecule has 20 heavy (non-hydrogen) atoms. The van der Waals surface area contributed by atoms with E-state index < -0.39 is 0 Å². The molecule has 0 spiro atoms. The average Bonchev–Trinajstić information content (AvgIpc) is 2.85. The Morgan fingerprint density at radius 1 is 1.15 bits per heavy atom. The van der Waals surface area contributed by atoms with E-state index in [9.17, 15) is 4.79 Å². The third-order valence-electron chi connectivity index (χ3n) is 2.95. The third kappa shape index (κ3) is 2.59. The highest BCUT2D eigenvalue weighted by molar-refractivity contribution is 8.00. The molecule has 2 aromatic rings. The number of ketones is 1. The fraction of sp³-hybridized carbons (Fsp3) is 0.133. The Hall–Kier alpha value is -1.72. The summed E-state index contributed by atoms with van der Waals surface area (Å²) < 4.78 is 6.53. The van der Waals surface area contributed by atoms with Gasteiger partial charge in [0.1, 0.15) is 0 Å². The van der Waals surface area contributed by atoms with Gasteiger partial charge in [-0.3, -0.25) is 4.79 Å². The van der Waals surface area contributed by atoms with Gasteiger partial charge in [0.2, 0.25) is 0 Å². The number of hydrogen-bond donors (Lipinski definition) is 0. The maximum atomic E-state index is 11.7. The van der Waals surface area contributed by atoms with Crippen molar-refractivity contribution in [3.8, 4) is 0 Å². The number of fused-ring (bicyclic) bond motifs is 1. The summed E-state index contributed by atoms with van der Waals surface area (Å²) in [6.07, 6.45) is 3.63. The second-order valence-corrected chi connectivity index (χ2v) is 6.58. The highest BCUT2D eigenvalue weighted by Gasteiger charge is 2.13. The minimum absolute atomic E-state index is 0.0916. The van der Waals surface area contributed by atoms with Crippen LogP contribution in [0.15, 0.2) is 56.3 Å². The van der Waals surface area contributed by atoms with E-state index in [1.54, 1.807) is 11.3 Å². The lowest BCUT2D eigenvalue weighted by molar-refractivity contribution is -0.112. The molecule has 0 atom stereocenters. The van der Waals surface area contributed by atoms with Crippen LogP contribution < -0.4 is 0 Å². The first-order valence-corrected chi connectivity index (χ1v) is 7.74. The summed E-state index contributed by atoms with van der Waals surface area (Å²) in [6, 6.07) is 8.03. The van der Waals surface area contributed by atoms with Gasteiger partial charge in [0.25, 0.3) is 0 Å². The van der Waals surface area contributed by atoms with Gasteiger partial charge in [-0.1, -0.05) is 12.1 Å². The minimum Gasteiger partial charge on any atom is -0.289 e. The van der Waals surface area contributed by atoms with Gasteiger partial charge in [0.15, 0.2) is 10.1 Å². The van der Waals surface area contributed by atoms with Crippen molar-refractivity contribution < 1.29 is 4.79 Å². The Balaban J connectivity index is 1.85. The Morgan fingerprint density at radius 2 is 1.85 bits per heavy atom. The highest BCUT2D eigenvalue weighted by atomic mass is 32.2. The molecule has 0 N–H and O–H groups in total. The number of allylic oxidation sites excluding steroid dienone is 4. The molecule has 3 nitrogen and oxygen atoms in total.